The van der Waals surface area contributed by atoms with Gasteiger partial charge in [-0.3, -0.25) is 0 Å². The fourth-order valence-corrected chi connectivity index (χ4v) is 3.63. The van der Waals surface area contributed by atoms with E-state index in [4.69, 9.17) is 21.4 Å². The summed E-state index contributed by atoms with van der Waals surface area (Å²) in [6.07, 6.45) is -0.180. The van der Waals surface area contributed by atoms with Crippen molar-refractivity contribution in [3.8, 4) is 5.75 Å². The van der Waals surface area contributed by atoms with E-state index in [0.717, 1.165) is 0 Å². The molecule has 1 heterocycles. The van der Waals surface area contributed by atoms with E-state index in [-0.39, 0.29) is 27.8 Å². The quantitative estimate of drug-likeness (QED) is 0.914. The first-order valence-corrected chi connectivity index (χ1v) is 7.48. The molecule has 0 radical (unpaired) electrons. The summed E-state index contributed by atoms with van der Waals surface area (Å²) in [6, 6.07) is 4.38. The minimum atomic E-state index is -3.08. The normalized spacial score (nSPS) is 21.7. The average molecular weight is 291 g/mol. The summed E-state index contributed by atoms with van der Waals surface area (Å²) in [6.45, 7) is 0. The maximum absolute atomic E-state index is 11.3. The van der Waals surface area contributed by atoms with E-state index in [1.54, 1.807) is 0 Å². The van der Waals surface area contributed by atoms with Gasteiger partial charge in [-0.25, -0.2) is 13.2 Å². The molecular weight excluding hydrogens is 280 g/mol. The van der Waals surface area contributed by atoms with E-state index in [0.29, 0.717) is 6.42 Å². The molecule has 0 saturated carbocycles. The summed E-state index contributed by atoms with van der Waals surface area (Å²) in [5, 5.41) is 9.18. The van der Waals surface area contributed by atoms with Crippen LogP contribution in [0.1, 0.15) is 16.8 Å². The van der Waals surface area contributed by atoms with Gasteiger partial charge in [-0.05, 0) is 18.6 Å². The van der Waals surface area contributed by atoms with Crippen molar-refractivity contribution >= 4 is 27.4 Å². The Morgan fingerprint density at radius 3 is 2.72 bits per heavy atom. The molecule has 2 rings (SSSR count). The number of sulfone groups is 1. The molecule has 1 aliphatic rings. The van der Waals surface area contributed by atoms with Gasteiger partial charge in [0.15, 0.2) is 15.6 Å². The number of benzene rings is 1. The molecule has 0 aromatic heterocycles. The van der Waals surface area contributed by atoms with Crippen molar-refractivity contribution in [3.05, 3.63) is 28.8 Å². The molecule has 1 atom stereocenters. The topological polar surface area (TPSA) is 80.7 Å². The zero-order valence-electron chi connectivity index (χ0n) is 9.30. The van der Waals surface area contributed by atoms with Gasteiger partial charge in [-0.1, -0.05) is 17.7 Å². The predicted molar refractivity (Wildman–Crippen MR) is 66.1 cm³/mol. The number of ether oxygens (including phenoxy) is 1. The van der Waals surface area contributed by atoms with Crippen LogP contribution in [0.2, 0.25) is 5.02 Å². The second-order valence-corrected chi connectivity index (χ2v) is 6.70. The summed E-state index contributed by atoms with van der Waals surface area (Å²) in [5.74, 6) is -1.16. The van der Waals surface area contributed by atoms with Gasteiger partial charge in [-0.15, -0.1) is 0 Å². The van der Waals surface area contributed by atoms with Crippen LogP contribution >= 0.6 is 11.6 Å². The molecule has 5 nitrogen and oxygen atoms in total. The van der Waals surface area contributed by atoms with Gasteiger partial charge in [-0.2, -0.15) is 0 Å². The lowest BCUT2D eigenvalue weighted by atomic mass is 10.2. The van der Waals surface area contributed by atoms with Crippen LogP contribution in [0.25, 0.3) is 0 Å². The summed E-state index contributed by atoms with van der Waals surface area (Å²) in [4.78, 5) is 11.0. The van der Waals surface area contributed by atoms with Crippen LogP contribution in [-0.2, 0) is 9.84 Å². The maximum atomic E-state index is 11.3. The number of halogens is 1. The van der Waals surface area contributed by atoms with Crippen molar-refractivity contribution in [1.82, 2.24) is 0 Å². The van der Waals surface area contributed by atoms with Crippen LogP contribution in [0.5, 0.6) is 5.75 Å². The Bertz CT molecular complexity index is 581. The molecule has 0 bridgehead atoms. The van der Waals surface area contributed by atoms with Gasteiger partial charge in [0.05, 0.1) is 16.5 Å². The number of aromatic carboxylic acids is 1. The van der Waals surface area contributed by atoms with E-state index in [1.807, 2.05) is 0 Å². The van der Waals surface area contributed by atoms with Crippen molar-refractivity contribution in [2.75, 3.05) is 11.5 Å². The zero-order valence-corrected chi connectivity index (χ0v) is 10.9. The standard InChI is InChI=1S/C11H11ClO5S/c12-9-3-1-2-8(11(13)14)10(9)17-7-4-5-18(15,16)6-7/h1-3,7H,4-6H2,(H,13,14). The molecule has 1 N–H and O–H groups in total. The van der Waals surface area contributed by atoms with E-state index < -0.39 is 21.9 Å². The van der Waals surface area contributed by atoms with Crippen molar-refractivity contribution in [2.24, 2.45) is 0 Å². The minimum Gasteiger partial charge on any atom is -0.487 e. The minimum absolute atomic E-state index is 0.0359. The third-order valence-corrected chi connectivity index (χ3v) is 4.71. The molecule has 98 valence electrons. The number of rotatable bonds is 3. The van der Waals surface area contributed by atoms with Crippen LogP contribution in [0, 0.1) is 0 Å². The molecular formula is C11H11ClO5S. The molecule has 1 saturated heterocycles. The monoisotopic (exact) mass is 290 g/mol. The first-order valence-electron chi connectivity index (χ1n) is 5.28. The molecule has 18 heavy (non-hydrogen) atoms. The van der Waals surface area contributed by atoms with Crippen molar-refractivity contribution < 1.29 is 23.1 Å². The number of carbonyl (C=O) groups is 1. The Morgan fingerprint density at radius 2 is 2.17 bits per heavy atom. The molecule has 0 spiro atoms. The highest BCUT2D eigenvalue weighted by Gasteiger charge is 2.30. The molecule has 1 aromatic carbocycles. The largest absolute Gasteiger partial charge is 0.487 e. The molecule has 1 fully saturated rings. The van der Waals surface area contributed by atoms with Crippen LogP contribution in [0.4, 0.5) is 0 Å². The molecule has 1 unspecified atom stereocenters. The van der Waals surface area contributed by atoms with Crippen LogP contribution < -0.4 is 4.74 Å². The smallest absolute Gasteiger partial charge is 0.339 e. The van der Waals surface area contributed by atoms with E-state index in [1.165, 1.54) is 18.2 Å². The Labute approximate surface area is 109 Å². The number of carboxylic acids is 1. The lowest BCUT2D eigenvalue weighted by molar-refractivity contribution is 0.0690. The third-order valence-electron chi connectivity index (χ3n) is 2.67. The highest BCUT2D eigenvalue weighted by atomic mass is 35.5. The van der Waals surface area contributed by atoms with E-state index in [2.05, 4.69) is 0 Å². The van der Waals surface area contributed by atoms with E-state index >= 15 is 0 Å². The molecule has 0 amide bonds. The Morgan fingerprint density at radius 1 is 1.44 bits per heavy atom. The molecule has 1 aliphatic heterocycles. The number of hydrogen-bond acceptors (Lipinski definition) is 4. The van der Waals surface area contributed by atoms with Crippen LogP contribution in [-0.4, -0.2) is 37.1 Å². The summed E-state index contributed by atoms with van der Waals surface area (Å²) in [7, 11) is -3.08. The zero-order chi connectivity index (χ0) is 13.3. The molecule has 0 aliphatic carbocycles. The fraction of sp³-hybridized carbons (Fsp3) is 0.364. The van der Waals surface area contributed by atoms with Crippen molar-refractivity contribution in [3.63, 3.8) is 0 Å². The highest BCUT2D eigenvalue weighted by Crippen LogP contribution is 2.31. The van der Waals surface area contributed by atoms with Gasteiger partial charge < -0.3 is 9.84 Å². The SMILES string of the molecule is O=C(O)c1cccc(Cl)c1OC1CCS(=O)(=O)C1. The van der Waals surface area contributed by atoms with Gasteiger partial charge in [0.2, 0.25) is 0 Å². The van der Waals surface area contributed by atoms with Gasteiger partial charge >= 0.3 is 5.97 Å². The van der Waals surface area contributed by atoms with Gasteiger partial charge in [0.25, 0.3) is 0 Å². The number of hydrogen-bond donors (Lipinski definition) is 1. The Hall–Kier alpha value is -1.27. The number of carboxylic acid groups (broad SMARTS) is 1. The lowest BCUT2D eigenvalue weighted by Gasteiger charge is -2.15. The average Bonchev–Trinajstić information content (AvgIpc) is 2.61. The predicted octanol–water partition coefficient (Wildman–Crippen LogP) is 1.60. The second-order valence-electron chi connectivity index (χ2n) is 4.06. The summed E-state index contributed by atoms with van der Waals surface area (Å²) in [5.41, 5.74) is -0.0632. The first kappa shape index (κ1) is 13.2. The van der Waals surface area contributed by atoms with Gasteiger partial charge in [0, 0.05) is 0 Å². The fourth-order valence-electron chi connectivity index (χ4n) is 1.82. The Balaban J connectivity index is 2.27. The van der Waals surface area contributed by atoms with Crippen LogP contribution in [0.15, 0.2) is 18.2 Å². The van der Waals surface area contributed by atoms with Crippen molar-refractivity contribution in [1.29, 1.82) is 0 Å². The van der Waals surface area contributed by atoms with Gasteiger partial charge in [0.1, 0.15) is 11.7 Å². The first-order chi connectivity index (χ1) is 8.39. The lowest BCUT2D eigenvalue weighted by Crippen LogP contribution is -2.19. The summed E-state index contributed by atoms with van der Waals surface area (Å²) < 4.78 is 28.1. The second kappa shape index (κ2) is 4.78. The van der Waals surface area contributed by atoms with E-state index in [9.17, 15) is 13.2 Å². The van der Waals surface area contributed by atoms with Crippen LogP contribution in [0.3, 0.4) is 0 Å². The Kier molecular flexibility index (Phi) is 3.49. The molecule has 1 aromatic rings. The number of para-hydroxylation sites is 1. The summed E-state index contributed by atoms with van der Waals surface area (Å²) >= 11 is 5.89. The third kappa shape index (κ3) is 2.76. The molecule has 7 heteroatoms. The highest BCUT2D eigenvalue weighted by molar-refractivity contribution is 7.91. The van der Waals surface area contributed by atoms with Crippen molar-refractivity contribution in [2.45, 2.75) is 12.5 Å². The maximum Gasteiger partial charge on any atom is 0.339 e.